The molecule has 1 aliphatic carbocycles. The predicted molar refractivity (Wildman–Crippen MR) is 110 cm³/mol. The third kappa shape index (κ3) is 7.20. The third-order valence-electron chi connectivity index (χ3n) is 5.04. The molecule has 1 aromatic rings. The molecular formula is C21H36N2OS. The Morgan fingerprint density at radius 2 is 1.72 bits per heavy atom. The molecule has 1 fully saturated rings. The molecule has 0 spiro atoms. The van der Waals surface area contributed by atoms with Crippen molar-refractivity contribution in [2.75, 3.05) is 11.9 Å². The highest BCUT2D eigenvalue weighted by Gasteiger charge is 2.31. The zero-order chi connectivity index (χ0) is 18.3. The summed E-state index contributed by atoms with van der Waals surface area (Å²) in [7, 11) is 0. The van der Waals surface area contributed by atoms with Crippen molar-refractivity contribution in [2.45, 2.75) is 83.4 Å². The molecule has 142 valence electrons. The molecule has 1 atom stereocenters. The van der Waals surface area contributed by atoms with Gasteiger partial charge in [-0.1, -0.05) is 25.5 Å². The van der Waals surface area contributed by atoms with Crippen molar-refractivity contribution in [3.8, 4) is 0 Å². The quantitative estimate of drug-likeness (QED) is 0.634. The van der Waals surface area contributed by atoms with Crippen LogP contribution < -0.4 is 10.0 Å². The Balaban J connectivity index is 1.68. The Morgan fingerprint density at radius 3 is 2.28 bits per heavy atom. The van der Waals surface area contributed by atoms with Crippen molar-refractivity contribution < 1.29 is 4.55 Å². The molecule has 0 aliphatic heterocycles. The number of aryl methyl sites for hydroxylation is 1. The first-order chi connectivity index (χ1) is 11.9. The Hall–Kier alpha value is -0.710. The molecule has 0 radical (unpaired) electrons. The van der Waals surface area contributed by atoms with Crippen LogP contribution in [0.3, 0.4) is 0 Å². The lowest BCUT2D eigenvalue weighted by Crippen LogP contribution is -2.46. The molecule has 2 N–H and O–H groups in total. The first-order valence-electron chi connectivity index (χ1n) is 9.89. The Morgan fingerprint density at radius 1 is 1.08 bits per heavy atom. The Labute approximate surface area is 157 Å². The standard InChI is InChI=1S/C21H36N2OS/c1-5-6-7-17-8-12-19(13-9-17)22-16-18-10-14-20(15-11-18)23-25(24)21(2,3)4/h8-9,12-13,18,20,22-23H,5-7,10-11,14-16H2,1-4H3/t18-,20+,25?. The minimum absolute atomic E-state index is 0.179. The van der Waals surface area contributed by atoms with Crippen molar-refractivity contribution in [1.29, 1.82) is 0 Å². The summed E-state index contributed by atoms with van der Waals surface area (Å²) in [4.78, 5) is 0. The lowest BCUT2D eigenvalue weighted by molar-refractivity contribution is 0.322. The Bertz CT molecular complexity index is 490. The van der Waals surface area contributed by atoms with Gasteiger partial charge in [-0.05, 0) is 82.9 Å². The van der Waals surface area contributed by atoms with Crippen molar-refractivity contribution >= 4 is 17.0 Å². The number of hydrogen-bond donors (Lipinski definition) is 2. The summed E-state index contributed by atoms with van der Waals surface area (Å²) in [6.07, 6.45) is 8.38. The van der Waals surface area contributed by atoms with E-state index >= 15 is 0 Å². The molecule has 0 bridgehead atoms. The highest BCUT2D eigenvalue weighted by atomic mass is 32.2. The molecule has 1 unspecified atom stereocenters. The van der Waals surface area contributed by atoms with Crippen molar-refractivity contribution in [3.05, 3.63) is 29.8 Å². The molecule has 2 rings (SSSR count). The Kier molecular flexibility index (Phi) is 8.11. The first-order valence-corrected chi connectivity index (χ1v) is 11.0. The lowest BCUT2D eigenvalue weighted by Gasteiger charge is -2.32. The third-order valence-corrected chi connectivity index (χ3v) is 6.70. The zero-order valence-electron chi connectivity index (χ0n) is 16.4. The summed E-state index contributed by atoms with van der Waals surface area (Å²) < 4.78 is 15.4. The van der Waals surface area contributed by atoms with E-state index < -0.39 is 11.4 Å². The average Bonchev–Trinajstić information content (AvgIpc) is 2.59. The average molecular weight is 365 g/mol. The van der Waals surface area contributed by atoms with Crippen LogP contribution in [0.2, 0.25) is 0 Å². The number of nitrogens with one attached hydrogen (secondary N) is 2. The highest BCUT2D eigenvalue weighted by Crippen LogP contribution is 2.26. The highest BCUT2D eigenvalue weighted by molar-refractivity contribution is 7.90. The maximum absolute atomic E-state index is 12.2. The van der Waals surface area contributed by atoms with Gasteiger partial charge >= 0.3 is 0 Å². The van der Waals surface area contributed by atoms with Gasteiger partial charge in [0.05, 0.1) is 6.04 Å². The molecule has 3 nitrogen and oxygen atoms in total. The zero-order valence-corrected chi connectivity index (χ0v) is 17.3. The normalized spacial score (nSPS) is 22.6. The SMILES string of the molecule is CCCCc1ccc(NC[C@H]2CC[C@@H](N[S+]([O-])C(C)(C)C)CC2)cc1. The number of rotatable bonds is 8. The minimum atomic E-state index is -0.950. The van der Waals surface area contributed by atoms with Crippen LogP contribution in [-0.4, -0.2) is 21.9 Å². The van der Waals surface area contributed by atoms with E-state index in [4.69, 9.17) is 0 Å². The largest absolute Gasteiger partial charge is 0.598 e. The van der Waals surface area contributed by atoms with Gasteiger partial charge in [-0.15, -0.1) is 4.72 Å². The second kappa shape index (κ2) is 9.84. The summed E-state index contributed by atoms with van der Waals surface area (Å²) in [5.74, 6) is 0.723. The molecule has 1 saturated carbocycles. The van der Waals surface area contributed by atoms with Gasteiger partial charge in [0.2, 0.25) is 0 Å². The van der Waals surface area contributed by atoms with E-state index in [1.165, 1.54) is 43.4 Å². The molecule has 0 heterocycles. The second-order valence-corrected chi connectivity index (χ2v) is 10.4. The van der Waals surface area contributed by atoms with Crippen molar-refractivity contribution in [2.24, 2.45) is 5.92 Å². The van der Waals surface area contributed by atoms with Crippen molar-refractivity contribution in [1.82, 2.24) is 4.72 Å². The lowest BCUT2D eigenvalue weighted by atomic mass is 9.86. The molecule has 0 saturated heterocycles. The van der Waals surface area contributed by atoms with Gasteiger partial charge in [-0.2, -0.15) is 0 Å². The van der Waals surface area contributed by atoms with E-state index in [1.807, 2.05) is 20.8 Å². The maximum atomic E-state index is 12.2. The van der Waals surface area contributed by atoms with Crippen molar-refractivity contribution in [3.63, 3.8) is 0 Å². The number of unbranched alkanes of at least 4 members (excludes halogenated alkanes) is 1. The summed E-state index contributed by atoms with van der Waals surface area (Å²) in [5.41, 5.74) is 2.67. The van der Waals surface area contributed by atoms with Crippen LogP contribution in [-0.2, 0) is 17.8 Å². The molecular weight excluding hydrogens is 328 g/mol. The van der Waals surface area contributed by atoms with Gasteiger partial charge in [0.1, 0.15) is 4.75 Å². The number of benzene rings is 1. The molecule has 1 aromatic carbocycles. The van der Waals surface area contributed by atoms with Gasteiger partial charge < -0.3 is 9.87 Å². The van der Waals surface area contributed by atoms with Crippen LogP contribution in [0.15, 0.2) is 24.3 Å². The van der Waals surface area contributed by atoms with Crippen LogP contribution in [0.25, 0.3) is 0 Å². The fourth-order valence-electron chi connectivity index (χ4n) is 3.24. The maximum Gasteiger partial charge on any atom is 0.136 e. The molecule has 4 heteroatoms. The molecule has 0 aromatic heterocycles. The predicted octanol–water partition coefficient (Wildman–Crippen LogP) is 5.05. The summed E-state index contributed by atoms with van der Waals surface area (Å²) >= 11 is -0.950. The molecule has 1 aliphatic rings. The summed E-state index contributed by atoms with van der Waals surface area (Å²) in [6, 6.07) is 9.34. The van der Waals surface area contributed by atoms with Gasteiger partial charge in [0, 0.05) is 23.6 Å². The van der Waals surface area contributed by atoms with Gasteiger partial charge in [-0.3, -0.25) is 0 Å². The number of hydrogen-bond acceptors (Lipinski definition) is 3. The van der Waals surface area contributed by atoms with E-state index in [9.17, 15) is 4.55 Å². The second-order valence-electron chi connectivity index (χ2n) is 8.40. The smallest absolute Gasteiger partial charge is 0.136 e. The molecule has 25 heavy (non-hydrogen) atoms. The van der Waals surface area contributed by atoms with E-state index in [2.05, 4.69) is 41.2 Å². The fourth-order valence-corrected chi connectivity index (χ4v) is 4.14. The summed E-state index contributed by atoms with van der Waals surface area (Å²) in [5, 5.41) is 3.60. The van der Waals surface area contributed by atoms with Crippen LogP contribution in [0.5, 0.6) is 0 Å². The van der Waals surface area contributed by atoms with Crippen LogP contribution in [0.1, 0.15) is 71.8 Å². The topological polar surface area (TPSA) is 47.1 Å². The fraction of sp³-hybridized carbons (Fsp3) is 0.714. The molecule has 0 amide bonds. The first kappa shape index (κ1) is 20.6. The van der Waals surface area contributed by atoms with Gasteiger partial charge in [-0.25, -0.2) is 0 Å². The minimum Gasteiger partial charge on any atom is -0.598 e. The van der Waals surface area contributed by atoms with E-state index in [1.54, 1.807) is 0 Å². The van der Waals surface area contributed by atoms with E-state index in [0.29, 0.717) is 6.04 Å². The van der Waals surface area contributed by atoms with Gasteiger partial charge in [0.15, 0.2) is 0 Å². The van der Waals surface area contributed by atoms with Crippen LogP contribution in [0.4, 0.5) is 5.69 Å². The summed E-state index contributed by atoms with van der Waals surface area (Å²) in [6.45, 7) is 9.36. The van der Waals surface area contributed by atoms with Crippen LogP contribution in [0, 0.1) is 5.92 Å². The van der Waals surface area contributed by atoms with E-state index in [0.717, 1.165) is 25.3 Å². The van der Waals surface area contributed by atoms with Gasteiger partial charge in [0.25, 0.3) is 0 Å². The number of anilines is 1. The monoisotopic (exact) mass is 364 g/mol. The van der Waals surface area contributed by atoms with E-state index in [-0.39, 0.29) is 4.75 Å². The van der Waals surface area contributed by atoms with Crippen LogP contribution >= 0.6 is 0 Å².